The fourth-order valence-electron chi connectivity index (χ4n) is 3.02. The lowest BCUT2D eigenvalue weighted by molar-refractivity contribution is -0.259. The largest absolute Gasteiger partial charge is 0.396 e. The molecule has 2 rings (SSSR count). The minimum atomic E-state index is -1.75. The smallest absolute Gasteiger partial charge is 0.183 e. The molecule has 0 aromatic heterocycles. The van der Waals surface area contributed by atoms with Crippen molar-refractivity contribution in [1.29, 1.82) is 0 Å². The molecule has 2 aliphatic heterocycles. The number of hydrogen-bond acceptors (Lipinski definition) is 6. The number of piperidine rings is 1. The van der Waals surface area contributed by atoms with Gasteiger partial charge in [-0.05, 0) is 12.8 Å². The second kappa shape index (κ2) is 4.79. The Kier molecular flexibility index (Phi) is 3.72. The van der Waals surface area contributed by atoms with E-state index in [4.69, 9.17) is 0 Å². The molecule has 0 saturated carbocycles. The fraction of sp³-hybridized carbons (Fsp3) is 1.00. The summed E-state index contributed by atoms with van der Waals surface area (Å²) in [5.74, 6) is -0.488. The summed E-state index contributed by atoms with van der Waals surface area (Å²) in [6.07, 6.45) is 3.03. The van der Waals surface area contributed by atoms with E-state index in [1.54, 1.807) is 4.90 Å². The van der Waals surface area contributed by atoms with Crippen molar-refractivity contribution in [2.45, 2.75) is 30.7 Å². The molecule has 0 radical (unpaired) electrons. The Balaban J connectivity index is 2.27. The summed E-state index contributed by atoms with van der Waals surface area (Å²) in [6, 6.07) is 0. The predicted molar refractivity (Wildman–Crippen MR) is 61.0 cm³/mol. The van der Waals surface area contributed by atoms with Crippen LogP contribution in [0, 0.1) is 5.92 Å². The van der Waals surface area contributed by atoms with E-state index < -0.39 is 24.0 Å². The van der Waals surface area contributed by atoms with Crippen molar-refractivity contribution in [2.75, 3.05) is 32.8 Å². The first-order chi connectivity index (χ1) is 8.08. The Morgan fingerprint density at radius 3 is 2.29 bits per heavy atom. The summed E-state index contributed by atoms with van der Waals surface area (Å²) < 4.78 is 0. The second-order valence-electron chi connectivity index (χ2n) is 5.05. The molecule has 0 bridgehead atoms. The molecule has 2 aliphatic rings. The maximum absolute atomic E-state index is 10.8. The van der Waals surface area contributed by atoms with Gasteiger partial charge in [0.05, 0.1) is 13.2 Å². The van der Waals surface area contributed by atoms with Crippen molar-refractivity contribution in [3.05, 3.63) is 0 Å². The van der Waals surface area contributed by atoms with E-state index in [2.05, 4.69) is 5.32 Å². The summed E-state index contributed by atoms with van der Waals surface area (Å²) in [6.45, 7) is 0.855. The molecule has 0 aliphatic carbocycles. The standard InChI is InChI=1S/C11H22N2O4/c14-7-9-6-12-10(16,8-15)11(9,17)13-4-2-1-3-5-13/h9,12,14-17H,1-8H2. The molecule has 0 aromatic carbocycles. The van der Waals surface area contributed by atoms with Crippen molar-refractivity contribution in [3.63, 3.8) is 0 Å². The van der Waals surface area contributed by atoms with Gasteiger partial charge in [-0.1, -0.05) is 6.42 Å². The van der Waals surface area contributed by atoms with Crippen LogP contribution in [-0.4, -0.2) is 69.6 Å². The van der Waals surface area contributed by atoms with Gasteiger partial charge < -0.3 is 20.4 Å². The molecule has 5 N–H and O–H groups in total. The van der Waals surface area contributed by atoms with Crippen molar-refractivity contribution in [3.8, 4) is 0 Å². The molecular formula is C11H22N2O4. The number of aliphatic hydroxyl groups is 4. The number of aliphatic hydroxyl groups excluding tert-OH is 2. The van der Waals surface area contributed by atoms with Crippen molar-refractivity contribution in [1.82, 2.24) is 10.2 Å². The summed E-state index contributed by atoms with van der Waals surface area (Å²) in [5.41, 5.74) is -3.34. The van der Waals surface area contributed by atoms with Crippen LogP contribution in [0.2, 0.25) is 0 Å². The van der Waals surface area contributed by atoms with Crippen LogP contribution in [-0.2, 0) is 0 Å². The molecule has 6 nitrogen and oxygen atoms in total. The predicted octanol–water partition coefficient (Wildman–Crippen LogP) is -1.95. The Morgan fingerprint density at radius 1 is 1.12 bits per heavy atom. The SMILES string of the molecule is OCC1CNC(O)(CO)C1(O)N1CCCCC1. The van der Waals surface area contributed by atoms with E-state index in [-0.39, 0.29) is 6.61 Å². The molecule has 0 amide bonds. The summed E-state index contributed by atoms with van der Waals surface area (Å²) >= 11 is 0. The first-order valence-corrected chi connectivity index (χ1v) is 6.25. The maximum Gasteiger partial charge on any atom is 0.183 e. The zero-order valence-corrected chi connectivity index (χ0v) is 9.97. The molecule has 17 heavy (non-hydrogen) atoms. The third-order valence-corrected chi connectivity index (χ3v) is 4.11. The van der Waals surface area contributed by atoms with Crippen molar-refractivity contribution >= 4 is 0 Å². The first-order valence-electron chi connectivity index (χ1n) is 6.25. The van der Waals surface area contributed by atoms with E-state index in [0.29, 0.717) is 19.6 Å². The molecule has 6 heteroatoms. The molecular weight excluding hydrogens is 224 g/mol. The topological polar surface area (TPSA) is 96.2 Å². The highest BCUT2D eigenvalue weighted by molar-refractivity contribution is 5.08. The van der Waals surface area contributed by atoms with E-state index in [1.807, 2.05) is 0 Å². The zero-order chi connectivity index (χ0) is 12.5. The number of nitrogens with one attached hydrogen (secondary N) is 1. The third-order valence-electron chi connectivity index (χ3n) is 4.11. The van der Waals surface area contributed by atoms with Crippen LogP contribution in [0.25, 0.3) is 0 Å². The number of rotatable bonds is 3. The first kappa shape index (κ1) is 13.2. The van der Waals surface area contributed by atoms with Gasteiger partial charge in [-0.2, -0.15) is 0 Å². The highest BCUT2D eigenvalue weighted by Crippen LogP contribution is 2.38. The lowest BCUT2D eigenvalue weighted by Crippen LogP contribution is -2.70. The van der Waals surface area contributed by atoms with E-state index in [0.717, 1.165) is 19.3 Å². The second-order valence-corrected chi connectivity index (χ2v) is 5.05. The third kappa shape index (κ3) is 1.89. The lowest BCUT2D eigenvalue weighted by atomic mass is 9.88. The van der Waals surface area contributed by atoms with Crippen LogP contribution in [0.15, 0.2) is 0 Å². The maximum atomic E-state index is 10.8. The Hall–Kier alpha value is -0.240. The van der Waals surface area contributed by atoms with E-state index in [9.17, 15) is 20.4 Å². The van der Waals surface area contributed by atoms with Crippen LogP contribution in [0.4, 0.5) is 0 Å². The Morgan fingerprint density at radius 2 is 1.76 bits per heavy atom. The van der Waals surface area contributed by atoms with Gasteiger partial charge in [0.2, 0.25) is 0 Å². The van der Waals surface area contributed by atoms with Gasteiger partial charge in [0.25, 0.3) is 0 Å². The highest BCUT2D eigenvalue weighted by atomic mass is 16.4. The van der Waals surface area contributed by atoms with Gasteiger partial charge in [0.1, 0.15) is 0 Å². The van der Waals surface area contributed by atoms with Gasteiger partial charge in [-0.25, -0.2) is 0 Å². The summed E-state index contributed by atoms with van der Waals surface area (Å²) in [4.78, 5) is 1.79. The van der Waals surface area contributed by atoms with Crippen LogP contribution >= 0.6 is 0 Å². The normalized spacial score (nSPS) is 44.1. The summed E-state index contributed by atoms with van der Waals surface area (Å²) in [5, 5.41) is 42.5. The molecule has 3 unspecified atom stereocenters. The van der Waals surface area contributed by atoms with Crippen LogP contribution < -0.4 is 5.32 Å². The minimum absolute atomic E-state index is 0.220. The van der Waals surface area contributed by atoms with Gasteiger partial charge >= 0.3 is 0 Å². The van der Waals surface area contributed by atoms with Crippen molar-refractivity contribution < 1.29 is 20.4 Å². The number of likely N-dealkylation sites (tertiary alicyclic amines) is 1. The number of nitrogens with zero attached hydrogens (tertiary/aromatic N) is 1. The average molecular weight is 246 g/mol. The van der Waals surface area contributed by atoms with E-state index in [1.165, 1.54) is 0 Å². The molecule has 0 aromatic rings. The lowest BCUT2D eigenvalue weighted by Gasteiger charge is -2.48. The zero-order valence-electron chi connectivity index (χ0n) is 9.97. The molecule has 2 saturated heterocycles. The van der Waals surface area contributed by atoms with Crippen molar-refractivity contribution in [2.24, 2.45) is 5.92 Å². The van der Waals surface area contributed by atoms with Crippen LogP contribution in [0.5, 0.6) is 0 Å². The van der Waals surface area contributed by atoms with Gasteiger partial charge in [0, 0.05) is 25.6 Å². The molecule has 2 heterocycles. The Bertz CT molecular complexity index is 272. The minimum Gasteiger partial charge on any atom is -0.396 e. The summed E-state index contributed by atoms with van der Waals surface area (Å²) in [7, 11) is 0. The average Bonchev–Trinajstić information content (AvgIpc) is 2.65. The molecule has 3 atom stereocenters. The molecule has 0 spiro atoms. The fourth-order valence-corrected chi connectivity index (χ4v) is 3.02. The van der Waals surface area contributed by atoms with E-state index >= 15 is 0 Å². The van der Waals surface area contributed by atoms with Gasteiger partial charge in [0.15, 0.2) is 11.4 Å². The van der Waals surface area contributed by atoms with Gasteiger partial charge in [-0.15, -0.1) is 0 Å². The van der Waals surface area contributed by atoms with Gasteiger partial charge in [-0.3, -0.25) is 10.2 Å². The Labute approximate surface area is 101 Å². The van der Waals surface area contributed by atoms with Crippen LogP contribution in [0.1, 0.15) is 19.3 Å². The molecule has 2 fully saturated rings. The highest BCUT2D eigenvalue weighted by Gasteiger charge is 2.61. The van der Waals surface area contributed by atoms with Crippen LogP contribution in [0.3, 0.4) is 0 Å². The quantitative estimate of drug-likeness (QED) is 0.397. The monoisotopic (exact) mass is 246 g/mol. The molecule has 100 valence electrons. The number of hydrogen-bond donors (Lipinski definition) is 5.